The summed E-state index contributed by atoms with van der Waals surface area (Å²) < 4.78 is 35.5. The summed E-state index contributed by atoms with van der Waals surface area (Å²) in [5.74, 6) is -0.917. The fourth-order valence-corrected chi connectivity index (χ4v) is 8.54. The monoisotopic (exact) mass is 579 g/mol. The highest BCUT2D eigenvalue weighted by molar-refractivity contribution is 7.92. The molecular weight excluding hydrogens is 546 g/mol. The molecule has 2 aromatic rings. The molecule has 1 unspecified atom stereocenters. The first-order valence-electron chi connectivity index (χ1n) is 12.8. The van der Waals surface area contributed by atoms with Crippen molar-refractivity contribution in [3.8, 4) is 10.4 Å². The molecule has 1 aromatic carbocycles. The Hall–Kier alpha value is -3.00. The molecule has 13 heteroatoms. The number of amides is 3. The van der Waals surface area contributed by atoms with Gasteiger partial charge in [-0.2, -0.15) is 0 Å². The minimum atomic E-state index is -3.62. The Labute approximate surface area is 231 Å². The molecule has 39 heavy (non-hydrogen) atoms. The summed E-state index contributed by atoms with van der Waals surface area (Å²) in [5.41, 5.74) is 3.71. The summed E-state index contributed by atoms with van der Waals surface area (Å²) in [5, 5.41) is 5.03. The summed E-state index contributed by atoms with van der Waals surface area (Å²) in [7, 11) is -2.41. The normalized spacial score (nSPS) is 22.4. The van der Waals surface area contributed by atoms with Crippen LogP contribution in [0, 0.1) is 0 Å². The van der Waals surface area contributed by atoms with Crippen molar-refractivity contribution in [1.82, 2.24) is 10.8 Å². The van der Waals surface area contributed by atoms with Crippen LogP contribution in [0.2, 0.25) is 0 Å². The molecule has 2 fully saturated rings. The summed E-state index contributed by atoms with van der Waals surface area (Å²) in [6.45, 7) is 0.311. The van der Waals surface area contributed by atoms with Gasteiger partial charge in [0.2, 0.25) is 11.8 Å². The maximum Gasteiger partial charge on any atom is 0.407 e. The van der Waals surface area contributed by atoms with Gasteiger partial charge in [-0.3, -0.25) is 9.59 Å². The van der Waals surface area contributed by atoms with Gasteiger partial charge < -0.3 is 20.1 Å². The molecule has 0 spiro atoms. The molecule has 2 aliphatic heterocycles. The Morgan fingerprint density at radius 1 is 1.10 bits per heavy atom. The van der Waals surface area contributed by atoms with Gasteiger partial charge >= 0.3 is 6.09 Å². The van der Waals surface area contributed by atoms with Gasteiger partial charge in [-0.1, -0.05) is 18.6 Å². The quantitative estimate of drug-likeness (QED) is 0.383. The van der Waals surface area contributed by atoms with E-state index in [0.29, 0.717) is 42.9 Å². The summed E-state index contributed by atoms with van der Waals surface area (Å²) in [6, 6.07) is 10.7. The van der Waals surface area contributed by atoms with Crippen LogP contribution in [0.15, 0.2) is 36.4 Å². The van der Waals surface area contributed by atoms with Gasteiger partial charge in [-0.25, -0.2) is 23.5 Å². The highest BCUT2D eigenvalue weighted by Crippen LogP contribution is 2.47. The standard InChI is InChI=1S/C26H33N3O8S2/c1-35-25(32)27-17-23(31)28-19-8-6-7-18(15-19)20-10-11-21(38-20)26(12-3-5-14-39(26,33)34)16-22(30)29-37-24-9-2-4-13-36-24/h6-8,10-11,15,24H,2-5,9,12-14,16-17H2,1H3,(H,27,32)(H,28,31)(H,29,30)/t24?,26-/m0/s1. The largest absolute Gasteiger partial charge is 0.453 e. The molecule has 3 N–H and O–H groups in total. The van der Waals surface area contributed by atoms with E-state index < -0.39 is 38.8 Å². The maximum atomic E-state index is 13.5. The predicted molar refractivity (Wildman–Crippen MR) is 146 cm³/mol. The van der Waals surface area contributed by atoms with Crippen molar-refractivity contribution >= 4 is 44.8 Å². The van der Waals surface area contributed by atoms with Crippen molar-refractivity contribution in [1.29, 1.82) is 0 Å². The van der Waals surface area contributed by atoms with Crippen molar-refractivity contribution in [3.05, 3.63) is 41.3 Å². The molecule has 0 saturated carbocycles. The Morgan fingerprint density at radius 3 is 2.69 bits per heavy atom. The number of methoxy groups -OCH3 is 1. The Bertz CT molecular complexity index is 1290. The van der Waals surface area contributed by atoms with E-state index in [4.69, 9.17) is 9.57 Å². The van der Waals surface area contributed by atoms with E-state index >= 15 is 0 Å². The lowest BCUT2D eigenvalue weighted by Gasteiger charge is -2.35. The zero-order chi connectivity index (χ0) is 27.9. The van der Waals surface area contributed by atoms with E-state index in [1.807, 2.05) is 12.1 Å². The third kappa shape index (κ3) is 7.15. The van der Waals surface area contributed by atoms with Gasteiger partial charge in [0.25, 0.3) is 0 Å². The highest BCUT2D eigenvalue weighted by atomic mass is 32.2. The Balaban J connectivity index is 1.51. The molecule has 3 heterocycles. The number of anilines is 1. The molecule has 0 radical (unpaired) electrons. The van der Waals surface area contributed by atoms with Gasteiger partial charge in [0, 0.05) is 28.5 Å². The zero-order valence-electron chi connectivity index (χ0n) is 21.7. The first-order valence-corrected chi connectivity index (χ1v) is 15.3. The lowest BCUT2D eigenvalue weighted by atomic mass is 9.94. The number of carbonyl (C=O) groups excluding carboxylic acids is 3. The Morgan fingerprint density at radius 2 is 1.95 bits per heavy atom. The number of hydroxylamine groups is 1. The predicted octanol–water partition coefficient (Wildman–Crippen LogP) is 3.47. The number of alkyl carbamates (subject to hydrolysis) is 1. The van der Waals surface area contributed by atoms with Crippen molar-refractivity contribution in [3.63, 3.8) is 0 Å². The van der Waals surface area contributed by atoms with Crippen LogP contribution in [0.1, 0.15) is 49.8 Å². The molecule has 2 atom stereocenters. The van der Waals surface area contributed by atoms with E-state index in [2.05, 4.69) is 20.9 Å². The van der Waals surface area contributed by atoms with Crippen LogP contribution in [-0.2, 0) is 38.5 Å². The number of thiophene rings is 1. The van der Waals surface area contributed by atoms with Crippen molar-refractivity contribution in [2.45, 2.75) is 56.0 Å². The second-order valence-corrected chi connectivity index (χ2v) is 13.0. The van der Waals surface area contributed by atoms with Crippen LogP contribution in [0.5, 0.6) is 0 Å². The van der Waals surface area contributed by atoms with Crippen molar-refractivity contribution in [2.75, 3.05) is 31.3 Å². The molecule has 4 rings (SSSR count). The SMILES string of the molecule is COC(=O)NCC(=O)Nc1cccc(-c2ccc([C@@]3(CC(=O)NOC4CCCCO4)CCCCS3(=O)=O)s2)c1. The highest BCUT2D eigenvalue weighted by Gasteiger charge is 2.49. The third-order valence-corrected chi connectivity index (χ3v) is 10.8. The first-order chi connectivity index (χ1) is 18.7. The van der Waals surface area contributed by atoms with E-state index in [1.54, 1.807) is 24.3 Å². The number of rotatable bonds is 9. The summed E-state index contributed by atoms with van der Waals surface area (Å²) in [6.07, 6.45) is 2.65. The lowest BCUT2D eigenvalue weighted by Crippen LogP contribution is -2.45. The van der Waals surface area contributed by atoms with Crippen LogP contribution >= 0.6 is 11.3 Å². The van der Waals surface area contributed by atoms with E-state index in [1.165, 1.54) is 18.4 Å². The first kappa shape index (κ1) is 29.0. The minimum absolute atomic E-state index is 0.0151. The second kappa shape index (κ2) is 12.9. The number of hydrogen-bond acceptors (Lipinski definition) is 9. The molecule has 212 valence electrons. The van der Waals surface area contributed by atoms with Crippen LogP contribution < -0.4 is 16.1 Å². The summed E-state index contributed by atoms with van der Waals surface area (Å²) in [4.78, 5) is 43.1. The average Bonchev–Trinajstić information content (AvgIpc) is 3.43. The number of nitrogens with one attached hydrogen (secondary N) is 3. The van der Waals surface area contributed by atoms with Crippen molar-refractivity contribution < 1.29 is 37.1 Å². The molecule has 11 nitrogen and oxygen atoms in total. The van der Waals surface area contributed by atoms with Crippen molar-refractivity contribution in [2.24, 2.45) is 0 Å². The number of hydrogen-bond donors (Lipinski definition) is 3. The van der Waals surface area contributed by atoms with E-state index in [0.717, 1.165) is 23.3 Å². The average molecular weight is 580 g/mol. The van der Waals surface area contributed by atoms with Crippen LogP contribution in [-0.4, -0.2) is 58.6 Å². The maximum absolute atomic E-state index is 13.5. The molecule has 0 bridgehead atoms. The number of carbonyl (C=O) groups is 3. The van der Waals surface area contributed by atoms with Crippen LogP contribution in [0.4, 0.5) is 10.5 Å². The fraction of sp³-hybridized carbons (Fsp3) is 0.500. The molecule has 2 aliphatic rings. The third-order valence-electron chi connectivity index (χ3n) is 6.79. The van der Waals surface area contributed by atoms with Gasteiger partial charge in [0.05, 0.1) is 19.3 Å². The molecular formula is C26H33N3O8S2. The van der Waals surface area contributed by atoms with Crippen LogP contribution in [0.25, 0.3) is 10.4 Å². The zero-order valence-corrected chi connectivity index (χ0v) is 23.3. The van der Waals surface area contributed by atoms with Gasteiger partial charge in [-0.05, 0) is 55.5 Å². The molecule has 0 aliphatic carbocycles. The van der Waals surface area contributed by atoms with Gasteiger partial charge in [0.1, 0.15) is 11.3 Å². The minimum Gasteiger partial charge on any atom is -0.453 e. The lowest BCUT2D eigenvalue weighted by molar-refractivity contribution is -0.200. The van der Waals surface area contributed by atoms with Gasteiger partial charge in [0.15, 0.2) is 16.1 Å². The second-order valence-electron chi connectivity index (χ2n) is 9.52. The number of sulfone groups is 1. The van der Waals surface area contributed by atoms with Gasteiger partial charge in [-0.15, -0.1) is 11.3 Å². The number of ether oxygens (including phenoxy) is 2. The molecule has 3 amide bonds. The molecule has 1 aromatic heterocycles. The fourth-order valence-electron chi connectivity index (χ4n) is 4.76. The topological polar surface area (TPSA) is 149 Å². The van der Waals surface area contributed by atoms with Crippen LogP contribution in [0.3, 0.4) is 0 Å². The molecule has 2 saturated heterocycles. The Kier molecular flexibility index (Phi) is 9.59. The smallest absolute Gasteiger partial charge is 0.407 e. The van der Waals surface area contributed by atoms with E-state index in [-0.39, 0.29) is 18.7 Å². The summed E-state index contributed by atoms with van der Waals surface area (Å²) >= 11 is 1.32. The van der Waals surface area contributed by atoms with E-state index in [9.17, 15) is 22.8 Å². The number of benzene rings is 1.